The van der Waals surface area contributed by atoms with Crippen molar-refractivity contribution in [1.29, 1.82) is 0 Å². The predicted octanol–water partition coefficient (Wildman–Crippen LogP) is 0.379. The van der Waals surface area contributed by atoms with Crippen LogP contribution in [0.1, 0.15) is 35.9 Å². The van der Waals surface area contributed by atoms with Crippen LogP contribution in [-0.4, -0.2) is 30.6 Å². The number of hydrogen-bond acceptors (Lipinski definition) is 6. The lowest BCUT2D eigenvalue weighted by atomic mass is 10.0. The third kappa shape index (κ3) is 2.26. The van der Waals surface area contributed by atoms with Crippen LogP contribution in [0, 0.1) is 6.92 Å². The first-order chi connectivity index (χ1) is 10.4. The van der Waals surface area contributed by atoms with Crippen molar-refractivity contribution in [2.45, 2.75) is 26.3 Å². The summed E-state index contributed by atoms with van der Waals surface area (Å²) in [5.41, 5.74) is -0.744. The van der Waals surface area contributed by atoms with Crippen molar-refractivity contribution in [2.75, 3.05) is 0 Å². The van der Waals surface area contributed by atoms with Crippen LogP contribution >= 0.6 is 0 Å². The normalized spacial score (nSPS) is 11.8. The molecule has 0 spiro atoms. The van der Waals surface area contributed by atoms with Crippen molar-refractivity contribution in [3.05, 3.63) is 46.1 Å². The molecular weight excluding hydrogens is 288 g/mol. The summed E-state index contributed by atoms with van der Waals surface area (Å²) in [5.74, 6) is 0.383. The van der Waals surface area contributed by atoms with Crippen molar-refractivity contribution >= 4 is 11.6 Å². The van der Waals surface area contributed by atoms with E-state index < -0.39 is 17.1 Å². The molecule has 3 aromatic heterocycles. The van der Waals surface area contributed by atoms with E-state index in [9.17, 15) is 9.59 Å². The first-order valence-electron chi connectivity index (χ1n) is 6.57. The van der Waals surface area contributed by atoms with Crippen LogP contribution in [0.25, 0.3) is 5.65 Å². The molecule has 0 fully saturated rings. The lowest BCUT2D eigenvalue weighted by molar-refractivity contribution is 0.0896. The summed E-state index contributed by atoms with van der Waals surface area (Å²) >= 11 is 0. The van der Waals surface area contributed by atoms with Crippen LogP contribution in [0.5, 0.6) is 0 Å². The molecule has 114 valence electrons. The van der Waals surface area contributed by atoms with Gasteiger partial charge in [-0.05, 0) is 32.9 Å². The SMILES string of the molecule is Cc1noc(C(C)(C)NC(=O)c2cccn3c(=O)[nH]nc23)n1. The van der Waals surface area contributed by atoms with Gasteiger partial charge in [0.25, 0.3) is 11.8 Å². The summed E-state index contributed by atoms with van der Waals surface area (Å²) in [6.45, 7) is 5.19. The summed E-state index contributed by atoms with van der Waals surface area (Å²) in [7, 11) is 0. The highest BCUT2D eigenvalue weighted by Crippen LogP contribution is 2.19. The third-order valence-corrected chi connectivity index (χ3v) is 3.18. The zero-order chi connectivity index (χ0) is 15.9. The van der Waals surface area contributed by atoms with E-state index in [1.165, 1.54) is 10.6 Å². The molecule has 1 amide bonds. The maximum atomic E-state index is 12.5. The van der Waals surface area contributed by atoms with Crippen molar-refractivity contribution in [3.8, 4) is 0 Å². The van der Waals surface area contributed by atoms with Gasteiger partial charge >= 0.3 is 5.69 Å². The Morgan fingerprint density at radius 1 is 1.45 bits per heavy atom. The molecule has 0 bridgehead atoms. The molecule has 2 N–H and O–H groups in total. The van der Waals surface area contributed by atoms with Gasteiger partial charge < -0.3 is 9.84 Å². The van der Waals surface area contributed by atoms with Crippen molar-refractivity contribution in [2.24, 2.45) is 0 Å². The van der Waals surface area contributed by atoms with Crippen LogP contribution in [-0.2, 0) is 5.54 Å². The van der Waals surface area contributed by atoms with Crippen molar-refractivity contribution in [1.82, 2.24) is 30.1 Å². The highest BCUT2D eigenvalue weighted by atomic mass is 16.5. The molecule has 22 heavy (non-hydrogen) atoms. The Balaban J connectivity index is 1.95. The quantitative estimate of drug-likeness (QED) is 0.722. The lowest BCUT2D eigenvalue weighted by Gasteiger charge is -2.21. The second kappa shape index (κ2) is 4.79. The molecule has 0 aliphatic heterocycles. The summed E-state index contributed by atoms with van der Waals surface area (Å²) in [4.78, 5) is 28.2. The Morgan fingerprint density at radius 2 is 2.23 bits per heavy atom. The Morgan fingerprint density at radius 3 is 2.91 bits per heavy atom. The van der Waals surface area contributed by atoms with E-state index in [0.717, 1.165) is 0 Å². The number of nitrogens with one attached hydrogen (secondary N) is 2. The van der Waals surface area contributed by atoms with E-state index in [2.05, 4.69) is 25.7 Å². The molecule has 0 saturated heterocycles. The molecule has 0 unspecified atom stereocenters. The van der Waals surface area contributed by atoms with E-state index >= 15 is 0 Å². The first-order valence-corrected chi connectivity index (χ1v) is 6.57. The fourth-order valence-corrected chi connectivity index (χ4v) is 2.07. The zero-order valence-electron chi connectivity index (χ0n) is 12.2. The molecule has 0 aliphatic carbocycles. The average molecular weight is 302 g/mol. The minimum atomic E-state index is -0.859. The minimum Gasteiger partial charge on any atom is -0.338 e. The van der Waals surface area contributed by atoms with Gasteiger partial charge in [-0.15, -0.1) is 0 Å². The van der Waals surface area contributed by atoms with E-state index in [4.69, 9.17) is 4.52 Å². The molecule has 3 heterocycles. The number of carbonyl (C=O) groups excluding carboxylic acids is 1. The minimum absolute atomic E-state index is 0.252. The number of H-pyrrole nitrogens is 1. The number of pyridine rings is 1. The molecule has 0 atom stereocenters. The Labute approximate surface area is 124 Å². The van der Waals surface area contributed by atoms with Gasteiger partial charge in [0.05, 0.1) is 5.56 Å². The van der Waals surface area contributed by atoms with Gasteiger partial charge in [0.15, 0.2) is 11.5 Å². The topological polar surface area (TPSA) is 118 Å². The van der Waals surface area contributed by atoms with E-state index in [0.29, 0.717) is 11.7 Å². The zero-order valence-corrected chi connectivity index (χ0v) is 12.2. The number of nitrogens with zero attached hydrogens (tertiary/aromatic N) is 4. The predicted molar refractivity (Wildman–Crippen MR) is 75.3 cm³/mol. The molecule has 0 radical (unpaired) electrons. The van der Waals surface area contributed by atoms with Gasteiger partial charge in [0.2, 0.25) is 0 Å². The second-order valence-corrected chi connectivity index (χ2v) is 5.37. The molecule has 9 nitrogen and oxygen atoms in total. The number of amides is 1. The number of aromatic nitrogens is 5. The molecule has 3 aromatic rings. The standard InChI is InChI=1S/C13H14N6O3/c1-7-14-11(22-18-7)13(2,3)15-10(20)8-5-4-6-19-9(8)16-17-12(19)21/h4-6H,1-3H3,(H,15,20)(H,17,21). The van der Waals surface area contributed by atoms with Crippen LogP contribution < -0.4 is 11.0 Å². The Hall–Kier alpha value is -2.97. The fraction of sp³-hybridized carbons (Fsp3) is 0.308. The monoisotopic (exact) mass is 302 g/mol. The summed E-state index contributed by atoms with van der Waals surface area (Å²) in [6.07, 6.45) is 1.53. The Kier molecular flexibility index (Phi) is 3.05. The fourth-order valence-electron chi connectivity index (χ4n) is 2.07. The van der Waals surface area contributed by atoms with Gasteiger partial charge in [-0.25, -0.2) is 14.3 Å². The maximum Gasteiger partial charge on any atom is 0.347 e. The lowest BCUT2D eigenvalue weighted by Crippen LogP contribution is -2.41. The molecule has 0 saturated carbocycles. The van der Waals surface area contributed by atoms with Gasteiger partial charge in [-0.1, -0.05) is 5.16 Å². The molecule has 9 heteroatoms. The first kappa shape index (κ1) is 14.0. The number of fused-ring (bicyclic) bond motifs is 1. The third-order valence-electron chi connectivity index (χ3n) is 3.18. The summed E-state index contributed by atoms with van der Waals surface area (Å²) in [5, 5.41) is 12.7. The van der Waals surface area contributed by atoms with Gasteiger partial charge in [0.1, 0.15) is 5.54 Å². The average Bonchev–Trinajstić information content (AvgIpc) is 3.05. The number of aryl methyl sites for hydroxylation is 1. The van der Waals surface area contributed by atoms with Crippen molar-refractivity contribution in [3.63, 3.8) is 0 Å². The highest BCUT2D eigenvalue weighted by Gasteiger charge is 2.30. The van der Waals surface area contributed by atoms with Gasteiger partial charge in [-0.3, -0.25) is 4.79 Å². The second-order valence-electron chi connectivity index (χ2n) is 5.37. The summed E-state index contributed by atoms with van der Waals surface area (Å²) < 4.78 is 6.37. The molecular formula is C13H14N6O3. The van der Waals surface area contributed by atoms with Gasteiger partial charge in [-0.2, -0.15) is 10.1 Å². The molecule has 0 aromatic carbocycles. The van der Waals surface area contributed by atoms with Crippen LogP contribution in [0.3, 0.4) is 0 Å². The number of aromatic amines is 1. The highest BCUT2D eigenvalue weighted by molar-refractivity contribution is 6.00. The number of hydrogen-bond donors (Lipinski definition) is 2. The van der Waals surface area contributed by atoms with Crippen molar-refractivity contribution < 1.29 is 9.32 Å². The smallest absolute Gasteiger partial charge is 0.338 e. The largest absolute Gasteiger partial charge is 0.347 e. The van der Waals surface area contributed by atoms with E-state index in [-0.39, 0.29) is 11.2 Å². The molecule has 3 rings (SSSR count). The van der Waals surface area contributed by atoms with Gasteiger partial charge in [0, 0.05) is 6.20 Å². The van der Waals surface area contributed by atoms with E-state index in [1.54, 1.807) is 32.9 Å². The number of carbonyl (C=O) groups is 1. The van der Waals surface area contributed by atoms with Crippen LogP contribution in [0.15, 0.2) is 27.6 Å². The van der Waals surface area contributed by atoms with E-state index in [1.807, 2.05) is 0 Å². The molecule has 0 aliphatic rings. The Bertz CT molecular complexity index is 904. The maximum absolute atomic E-state index is 12.5. The number of rotatable bonds is 3. The van der Waals surface area contributed by atoms with Crippen LogP contribution in [0.4, 0.5) is 0 Å². The van der Waals surface area contributed by atoms with Crippen LogP contribution in [0.2, 0.25) is 0 Å². The summed E-state index contributed by atoms with van der Waals surface area (Å²) in [6, 6.07) is 3.18.